The van der Waals surface area contributed by atoms with Crippen molar-refractivity contribution in [3.63, 3.8) is 0 Å². The first-order valence-electron chi connectivity index (χ1n) is 5.64. The summed E-state index contributed by atoms with van der Waals surface area (Å²) in [5.41, 5.74) is 5.12. The second-order valence-electron chi connectivity index (χ2n) is 4.45. The minimum Gasteiger partial charge on any atom is -0.480 e. The van der Waals surface area contributed by atoms with Crippen molar-refractivity contribution in [2.24, 2.45) is 11.7 Å². The lowest BCUT2D eigenvalue weighted by Crippen LogP contribution is -2.39. The maximum Gasteiger partial charge on any atom is 0.324 e. The number of carboxylic acid groups (broad SMARTS) is 1. The third kappa shape index (κ3) is 2.60. The van der Waals surface area contributed by atoms with E-state index in [1.165, 1.54) is 0 Å². The van der Waals surface area contributed by atoms with Crippen molar-refractivity contribution < 1.29 is 14.7 Å². The Kier molecular flexibility index (Phi) is 3.20. The van der Waals surface area contributed by atoms with Gasteiger partial charge in [0.1, 0.15) is 5.54 Å². The number of aliphatic carboxylic acids is 1. The first-order chi connectivity index (χ1) is 8.52. The fourth-order valence-electron chi connectivity index (χ4n) is 1.78. The highest BCUT2D eigenvalue weighted by Gasteiger charge is 2.57. The molecule has 18 heavy (non-hydrogen) atoms. The van der Waals surface area contributed by atoms with Crippen LogP contribution >= 0.6 is 0 Å². The molecule has 0 aromatic heterocycles. The summed E-state index contributed by atoms with van der Waals surface area (Å²) in [5.74, 6) is -1.21. The van der Waals surface area contributed by atoms with Crippen molar-refractivity contribution >= 4 is 17.7 Å². The van der Waals surface area contributed by atoms with Gasteiger partial charge in [0.2, 0.25) is 0 Å². The predicted molar refractivity (Wildman–Crippen MR) is 66.1 cm³/mol. The quantitative estimate of drug-likeness (QED) is 0.627. The molecule has 5 N–H and O–H groups in total. The van der Waals surface area contributed by atoms with Crippen LogP contribution in [0.15, 0.2) is 30.3 Å². The fraction of sp³-hybridized carbons (Fsp3) is 0.333. The Morgan fingerprint density at radius 1 is 1.39 bits per heavy atom. The highest BCUT2D eigenvalue weighted by atomic mass is 16.4. The number of benzene rings is 1. The van der Waals surface area contributed by atoms with Crippen molar-refractivity contribution in [3.05, 3.63) is 30.3 Å². The Bertz CT molecular complexity index is 463. The molecule has 0 heterocycles. The van der Waals surface area contributed by atoms with Crippen LogP contribution in [-0.4, -0.2) is 29.2 Å². The fourth-order valence-corrected chi connectivity index (χ4v) is 1.78. The molecule has 0 unspecified atom stereocenters. The van der Waals surface area contributed by atoms with Gasteiger partial charge < -0.3 is 21.5 Å². The molecule has 1 saturated carbocycles. The number of carboxylic acids is 1. The van der Waals surface area contributed by atoms with Crippen LogP contribution in [0, 0.1) is 5.92 Å². The van der Waals surface area contributed by atoms with Gasteiger partial charge in [0.05, 0.1) is 0 Å². The van der Waals surface area contributed by atoms with Crippen molar-refractivity contribution in [1.29, 1.82) is 0 Å². The van der Waals surface area contributed by atoms with Crippen LogP contribution in [0.25, 0.3) is 0 Å². The van der Waals surface area contributed by atoms with Gasteiger partial charge in [0.15, 0.2) is 0 Å². The average Bonchev–Trinajstić information content (AvgIpc) is 3.01. The van der Waals surface area contributed by atoms with Crippen LogP contribution in [0.2, 0.25) is 0 Å². The molecule has 1 aliphatic rings. The summed E-state index contributed by atoms with van der Waals surface area (Å²) in [6, 6.07) is 8.64. The van der Waals surface area contributed by atoms with E-state index >= 15 is 0 Å². The van der Waals surface area contributed by atoms with E-state index in [9.17, 15) is 9.59 Å². The zero-order chi connectivity index (χ0) is 13.2. The first kappa shape index (κ1) is 12.4. The van der Waals surface area contributed by atoms with E-state index < -0.39 is 11.5 Å². The van der Waals surface area contributed by atoms with Crippen molar-refractivity contribution in [2.45, 2.75) is 12.0 Å². The summed E-state index contributed by atoms with van der Waals surface area (Å²) in [6.07, 6.45) is 0.397. The molecular formula is C12H15N3O3. The summed E-state index contributed by atoms with van der Waals surface area (Å²) < 4.78 is 0. The average molecular weight is 249 g/mol. The van der Waals surface area contributed by atoms with Crippen LogP contribution in [0.4, 0.5) is 10.5 Å². The smallest absolute Gasteiger partial charge is 0.324 e. The maximum atomic E-state index is 11.5. The zero-order valence-electron chi connectivity index (χ0n) is 9.72. The molecule has 0 radical (unpaired) electrons. The number of para-hydroxylation sites is 1. The normalized spacial score (nSPS) is 25.3. The predicted octanol–water partition coefficient (Wildman–Crippen LogP) is 0.610. The minimum atomic E-state index is -1.17. The summed E-state index contributed by atoms with van der Waals surface area (Å²) in [6.45, 7) is 0.265. The SMILES string of the molecule is N[C@@]1(C(=O)O)C[C@H]1CNC(=O)Nc1ccccc1. The van der Waals surface area contributed by atoms with Crippen LogP contribution in [0.3, 0.4) is 0 Å². The molecule has 0 saturated heterocycles. The van der Waals surface area contributed by atoms with Crippen molar-refractivity contribution in [2.75, 3.05) is 11.9 Å². The number of anilines is 1. The van der Waals surface area contributed by atoms with E-state index in [4.69, 9.17) is 10.8 Å². The van der Waals surface area contributed by atoms with E-state index in [1.54, 1.807) is 12.1 Å². The van der Waals surface area contributed by atoms with Gasteiger partial charge in [-0.3, -0.25) is 4.79 Å². The number of hydrogen-bond donors (Lipinski definition) is 4. The number of urea groups is 1. The Balaban J connectivity index is 1.76. The summed E-state index contributed by atoms with van der Waals surface area (Å²) >= 11 is 0. The third-order valence-electron chi connectivity index (χ3n) is 3.09. The second kappa shape index (κ2) is 4.66. The van der Waals surface area contributed by atoms with Gasteiger partial charge in [-0.15, -0.1) is 0 Å². The molecule has 0 bridgehead atoms. The molecule has 2 atom stereocenters. The van der Waals surface area contributed by atoms with Crippen LogP contribution in [-0.2, 0) is 4.79 Å². The van der Waals surface area contributed by atoms with Gasteiger partial charge in [-0.25, -0.2) is 4.79 Å². The molecule has 2 rings (SSSR count). The lowest BCUT2D eigenvalue weighted by Gasteiger charge is -2.08. The molecule has 1 aromatic carbocycles. The molecule has 1 aromatic rings. The summed E-state index contributed by atoms with van der Waals surface area (Å²) in [7, 11) is 0. The summed E-state index contributed by atoms with van der Waals surface area (Å²) in [5, 5.41) is 14.1. The third-order valence-corrected chi connectivity index (χ3v) is 3.09. The lowest BCUT2D eigenvalue weighted by atomic mass is 10.2. The molecule has 0 spiro atoms. The monoisotopic (exact) mass is 249 g/mol. The van der Waals surface area contributed by atoms with Crippen LogP contribution in [0.1, 0.15) is 6.42 Å². The first-order valence-corrected chi connectivity index (χ1v) is 5.64. The Labute approximate surface area is 104 Å². The topological polar surface area (TPSA) is 104 Å². The summed E-state index contributed by atoms with van der Waals surface area (Å²) in [4.78, 5) is 22.3. The standard InChI is InChI=1S/C12H15N3O3/c13-12(10(16)17)6-8(12)7-14-11(18)15-9-4-2-1-3-5-9/h1-5,8H,6-7,13H2,(H,16,17)(H2,14,15,18)/t8-,12-/m0/s1. The number of nitrogens with one attached hydrogen (secondary N) is 2. The largest absolute Gasteiger partial charge is 0.480 e. The van der Waals surface area contributed by atoms with E-state index in [2.05, 4.69) is 10.6 Å². The van der Waals surface area contributed by atoms with Crippen LogP contribution < -0.4 is 16.4 Å². The van der Waals surface area contributed by atoms with Gasteiger partial charge in [0, 0.05) is 18.2 Å². The van der Waals surface area contributed by atoms with Crippen molar-refractivity contribution in [1.82, 2.24) is 5.32 Å². The number of nitrogens with two attached hydrogens (primary N) is 1. The number of hydrogen-bond acceptors (Lipinski definition) is 3. The van der Waals surface area contributed by atoms with Gasteiger partial charge in [-0.05, 0) is 18.6 Å². The molecule has 6 nitrogen and oxygen atoms in total. The van der Waals surface area contributed by atoms with Crippen molar-refractivity contribution in [3.8, 4) is 0 Å². The minimum absolute atomic E-state index is 0.198. The Hall–Kier alpha value is -2.08. The Morgan fingerprint density at radius 3 is 2.61 bits per heavy atom. The van der Waals surface area contributed by atoms with E-state index in [0.29, 0.717) is 12.1 Å². The maximum absolute atomic E-state index is 11.5. The highest BCUT2D eigenvalue weighted by Crippen LogP contribution is 2.40. The second-order valence-corrected chi connectivity index (χ2v) is 4.45. The molecular weight excluding hydrogens is 234 g/mol. The van der Waals surface area contributed by atoms with Gasteiger partial charge in [0.25, 0.3) is 0 Å². The lowest BCUT2D eigenvalue weighted by molar-refractivity contribution is -0.140. The number of carbonyl (C=O) groups is 2. The highest BCUT2D eigenvalue weighted by molar-refractivity contribution is 5.89. The van der Waals surface area contributed by atoms with Gasteiger partial charge >= 0.3 is 12.0 Å². The van der Waals surface area contributed by atoms with E-state index in [1.807, 2.05) is 18.2 Å². The molecule has 2 amide bonds. The van der Waals surface area contributed by atoms with Gasteiger partial charge in [-0.2, -0.15) is 0 Å². The van der Waals surface area contributed by atoms with E-state index in [-0.39, 0.29) is 18.5 Å². The number of amides is 2. The van der Waals surface area contributed by atoms with Gasteiger partial charge in [-0.1, -0.05) is 18.2 Å². The Morgan fingerprint density at radius 2 is 2.06 bits per heavy atom. The van der Waals surface area contributed by atoms with E-state index in [0.717, 1.165) is 0 Å². The molecule has 1 fully saturated rings. The zero-order valence-corrected chi connectivity index (χ0v) is 9.72. The molecule has 1 aliphatic carbocycles. The number of rotatable bonds is 4. The molecule has 0 aliphatic heterocycles. The molecule has 6 heteroatoms. The van der Waals surface area contributed by atoms with Crippen LogP contribution in [0.5, 0.6) is 0 Å². The molecule has 96 valence electrons. The number of carbonyl (C=O) groups excluding carboxylic acids is 1.